The molecule has 1 atom stereocenters. The Balaban J connectivity index is 0.00000128. The minimum absolute atomic E-state index is 0. The van der Waals surface area contributed by atoms with Crippen LogP contribution in [0.2, 0.25) is 0 Å². The van der Waals surface area contributed by atoms with Crippen LogP contribution in [0.4, 0.5) is 9.18 Å². The molecule has 88 valence electrons. The van der Waals surface area contributed by atoms with Gasteiger partial charge >= 0.3 is 6.09 Å². The van der Waals surface area contributed by atoms with E-state index in [1.807, 2.05) is 0 Å². The molecule has 16 heavy (non-hydrogen) atoms. The van der Waals surface area contributed by atoms with Crippen LogP contribution in [0.3, 0.4) is 0 Å². The molecule has 2 N–H and O–H groups in total. The van der Waals surface area contributed by atoms with E-state index in [1.54, 1.807) is 0 Å². The number of alkyl carbamates (subject to hydrolysis) is 1. The molecule has 0 bridgehead atoms. The summed E-state index contributed by atoms with van der Waals surface area (Å²) >= 11 is 0. The highest BCUT2D eigenvalue weighted by Gasteiger charge is 2.23. The topological polar surface area (TPSA) is 58.6 Å². The van der Waals surface area contributed by atoms with Crippen molar-refractivity contribution in [2.75, 3.05) is 6.61 Å². The number of benzene rings is 1. The Labute approximate surface area is 97.8 Å². The minimum Gasteiger partial charge on any atom is -0.508 e. The fraction of sp³-hybridized carbons (Fsp3) is 0.300. The number of phenolic OH excluding ortho intramolecular Hbond substituents is 1. The third-order valence-corrected chi connectivity index (χ3v) is 2.29. The number of nitrogens with one attached hydrogen (secondary N) is 1. The first-order valence-electron chi connectivity index (χ1n) is 4.58. The lowest BCUT2D eigenvalue weighted by Gasteiger charge is -2.23. The predicted molar refractivity (Wildman–Crippen MR) is 57.2 cm³/mol. The van der Waals surface area contributed by atoms with Gasteiger partial charge in [-0.15, -0.1) is 12.4 Å². The second-order valence-corrected chi connectivity index (χ2v) is 3.33. The Morgan fingerprint density at radius 1 is 1.50 bits per heavy atom. The molecular formula is C10H11ClFNO3. The molecule has 1 heterocycles. The molecule has 0 saturated carbocycles. The first-order valence-corrected chi connectivity index (χ1v) is 4.58. The highest BCUT2D eigenvalue weighted by molar-refractivity contribution is 5.85. The van der Waals surface area contributed by atoms with Crippen LogP contribution in [0.15, 0.2) is 18.2 Å². The second-order valence-electron chi connectivity index (χ2n) is 3.33. The SMILES string of the molecule is Cl.O=C1N[C@H](c2ccc(O)cc2F)CCO1. The van der Waals surface area contributed by atoms with Crippen molar-refractivity contribution < 1.29 is 19.0 Å². The highest BCUT2D eigenvalue weighted by Crippen LogP contribution is 2.25. The van der Waals surface area contributed by atoms with Gasteiger partial charge in [0.25, 0.3) is 0 Å². The molecule has 0 radical (unpaired) electrons. The van der Waals surface area contributed by atoms with Crippen molar-refractivity contribution in [1.82, 2.24) is 5.32 Å². The Bertz CT molecular complexity index is 400. The van der Waals surface area contributed by atoms with Crippen molar-refractivity contribution in [3.8, 4) is 5.75 Å². The molecule has 2 rings (SSSR count). The van der Waals surface area contributed by atoms with Gasteiger partial charge in [-0.3, -0.25) is 0 Å². The van der Waals surface area contributed by atoms with Crippen LogP contribution in [0.1, 0.15) is 18.0 Å². The van der Waals surface area contributed by atoms with Crippen LogP contribution in [-0.4, -0.2) is 17.8 Å². The Kier molecular flexibility index (Phi) is 3.95. The van der Waals surface area contributed by atoms with Gasteiger partial charge in [-0.2, -0.15) is 0 Å². The monoisotopic (exact) mass is 247 g/mol. The maximum Gasteiger partial charge on any atom is 0.407 e. The van der Waals surface area contributed by atoms with Crippen LogP contribution < -0.4 is 5.32 Å². The molecule has 1 aromatic rings. The summed E-state index contributed by atoms with van der Waals surface area (Å²) in [5.74, 6) is -0.656. The van der Waals surface area contributed by atoms with E-state index < -0.39 is 11.9 Å². The first-order chi connectivity index (χ1) is 7.16. The maximum atomic E-state index is 13.4. The van der Waals surface area contributed by atoms with Crippen LogP contribution in [-0.2, 0) is 4.74 Å². The summed E-state index contributed by atoms with van der Waals surface area (Å²) in [5, 5.41) is 11.5. The molecule has 4 nitrogen and oxygen atoms in total. The van der Waals surface area contributed by atoms with E-state index in [2.05, 4.69) is 10.1 Å². The van der Waals surface area contributed by atoms with Gasteiger partial charge in [0.05, 0.1) is 12.6 Å². The molecule has 1 saturated heterocycles. The van der Waals surface area contributed by atoms with Gasteiger partial charge in [0.1, 0.15) is 11.6 Å². The van der Waals surface area contributed by atoms with Gasteiger partial charge in [-0.05, 0) is 6.07 Å². The quantitative estimate of drug-likeness (QED) is 0.799. The zero-order valence-electron chi connectivity index (χ0n) is 8.27. The summed E-state index contributed by atoms with van der Waals surface area (Å²) in [6, 6.07) is 3.49. The lowest BCUT2D eigenvalue weighted by molar-refractivity contribution is 0.115. The van der Waals surface area contributed by atoms with E-state index in [-0.39, 0.29) is 30.8 Å². The number of aromatic hydroxyl groups is 1. The van der Waals surface area contributed by atoms with Gasteiger partial charge in [0, 0.05) is 18.1 Å². The fourth-order valence-electron chi connectivity index (χ4n) is 1.56. The van der Waals surface area contributed by atoms with Crippen molar-refractivity contribution in [3.05, 3.63) is 29.6 Å². The third kappa shape index (κ3) is 2.55. The molecule has 1 amide bonds. The summed E-state index contributed by atoms with van der Waals surface area (Å²) in [4.78, 5) is 10.9. The average Bonchev–Trinajstić information content (AvgIpc) is 2.17. The molecule has 0 unspecified atom stereocenters. The molecule has 1 aliphatic heterocycles. The summed E-state index contributed by atoms with van der Waals surface area (Å²) in [6.07, 6.45) is -0.0216. The molecule has 0 aliphatic carbocycles. The highest BCUT2D eigenvalue weighted by atomic mass is 35.5. The zero-order valence-corrected chi connectivity index (χ0v) is 9.09. The normalized spacial score (nSPS) is 19.3. The van der Waals surface area contributed by atoms with Gasteiger partial charge < -0.3 is 15.2 Å². The number of rotatable bonds is 1. The summed E-state index contributed by atoms with van der Waals surface area (Å²) in [5.41, 5.74) is 0.365. The predicted octanol–water partition coefficient (Wildman–Crippen LogP) is 2.12. The van der Waals surface area contributed by atoms with E-state index in [9.17, 15) is 9.18 Å². The van der Waals surface area contributed by atoms with Crippen LogP contribution >= 0.6 is 12.4 Å². The summed E-state index contributed by atoms with van der Waals surface area (Å²) < 4.78 is 18.1. The number of hydrogen-bond acceptors (Lipinski definition) is 3. The smallest absolute Gasteiger partial charge is 0.407 e. The Morgan fingerprint density at radius 3 is 2.88 bits per heavy atom. The van der Waals surface area contributed by atoms with Crippen molar-refractivity contribution in [3.63, 3.8) is 0 Å². The van der Waals surface area contributed by atoms with Gasteiger partial charge in [-0.25, -0.2) is 9.18 Å². The van der Waals surface area contributed by atoms with E-state index in [1.165, 1.54) is 12.1 Å². The number of phenols is 1. The fourth-order valence-corrected chi connectivity index (χ4v) is 1.56. The molecule has 1 fully saturated rings. The number of cyclic esters (lactones) is 1. The van der Waals surface area contributed by atoms with Crippen molar-refractivity contribution >= 4 is 18.5 Å². The second kappa shape index (κ2) is 5.03. The lowest BCUT2D eigenvalue weighted by atomic mass is 10.0. The Morgan fingerprint density at radius 2 is 2.25 bits per heavy atom. The van der Waals surface area contributed by atoms with Crippen LogP contribution in [0.25, 0.3) is 0 Å². The minimum atomic E-state index is -0.543. The number of ether oxygens (including phenoxy) is 1. The maximum absolute atomic E-state index is 13.4. The van der Waals surface area contributed by atoms with E-state index in [4.69, 9.17) is 5.11 Å². The number of halogens is 2. The number of carbonyl (C=O) groups excluding carboxylic acids is 1. The van der Waals surface area contributed by atoms with Crippen LogP contribution in [0, 0.1) is 5.82 Å². The lowest BCUT2D eigenvalue weighted by Crippen LogP contribution is -2.35. The van der Waals surface area contributed by atoms with Gasteiger partial charge in [0.2, 0.25) is 0 Å². The standard InChI is InChI=1S/C10H10FNO3.ClH/c11-8-5-6(13)1-2-7(8)9-3-4-15-10(14)12-9;/h1-2,5,9,13H,3-4H2,(H,12,14);1H/t9-;/m0./s1. The van der Waals surface area contributed by atoms with Gasteiger partial charge in [-0.1, -0.05) is 6.07 Å². The summed E-state index contributed by atoms with van der Waals surface area (Å²) in [6.45, 7) is 0.275. The number of hydrogen-bond donors (Lipinski definition) is 2. The molecule has 0 aromatic heterocycles. The molecule has 6 heteroatoms. The van der Waals surface area contributed by atoms with E-state index in [0.29, 0.717) is 12.0 Å². The molecule has 0 spiro atoms. The third-order valence-electron chi connectivity index (χ3n) is 2.29. The first kappa shape index (κ1) is 12.6. The van der Waals surface area contributed by atoms with Crippen LogP contribution in [0.5, 0.6) is 5.75 Å². The molecule has 1 aliphatic rings. The number of carbonyl (C=O) groups is 1. The van der Waals surface area contributed by atoms with E-state index >= 15 is 0 Å². The van der Waals surface area contributed by atoms with E-state index in [0.717, 1.165) is 6.07 Å². The largest absolute Gasteiger partial charge is 0.508 e. The summed E-state index contributed by atoms with van der Waals surface area (Å²) in [7, 11) is 0. The van der Waals surface area contributed by atoms with Crippen molar-refractivity contribution in [2.45, 2.75) is 12.5 Å². The van der Waals surface area contributed by atoms with Crippen molar-refractivity contribution in [2.24, 2.45) is 0 Å². The van der Waals surface area contributed by atoms with Gasteiger partial charge in [0.15, 0.2) is 0 Å². The molecule has 1 aromatic carbocycles. The average molecular weight is 248 g/mol. The molecular weight excluding hydrogens is 237 g/mol. The number of amides is 1. The zero-order chi connectivity index (χ0) is 10.8. The van der Waals surface area contributed by atoms with Crippen molar-refractivity contribution in [1.29, 1.82) is 0 Å². The Hall–Kier alpha value is -1.49.